The number of nitrogens with zero attached hydrogens (tertiary/aromatic N) is 1. The van der Waals surface area contributed by atoms with E-state index < -0.39 is 33.7 Å². The molecule has 1 rings (SSSR count). The Hall–Kier alpha value is -1.92. The van der Waals surface area contributed by atoms with Crippen LogP contribution in [0.2, 0.25) is 0 Å². The van der Waals surface area contributed by atoms with Crippen LogP contribution in [0.15, 0.2) is 6.07 Å². The predicted octanol–water partition coefficient (Wildman–Crippen LogP) is 1.16. The molecule has 1 aromatic carbocycles. The largest absolute Gasteiger partial charge is 0.500 e. The SMILES string of the molecule is Nc1c(F)cc([N+](=O)[O-])c(O)c1F. The molecule has 5 nitrogen and oxygen atoms in total. The molecular formula is C6H4F2N2O3. The van der Waals surface area contributed by atoms with Gasteiger partial charge in [-0.25, -0.2) is 8.78 Å². The van der Waals surface area contributed by atoms with Crippen LogP contribution in [-0.4, -0.2) is 10.0 Å². The highest BCUT2D eigenvalue weighted by Crippen LogP contribution is 2.33. The normalized spacial score (nSPS) is 10.0. The number of phenolic OH excluding ortho intramolecular Hbond substituents is 1. The molecular weight excluding hydrogens is 186 g/mol. The highest BCUT2D eigenvalue weighted by atomic mass is 19.1. The van der Waals surface area contributed by atoms with Gasteiger partial charge in [-0.2, -0.15) is 0 Å². The number of phenols is 1. The molecule has 13 heavy (non-hydrogen) atoms. The molecule has 7 heteroatoms. The number of nitrogens with two attached hydrogens (primary N) is 1. The van der Waals surface area contributed by atoms with Crippen molar-refractivity contribution >= 4 is 11.4 Å². The lowest BCUT2D eigenvalue weighted by molar-refractivity contribution is -0.386. The van der Waals surface area contributed by atoms with Gasteiger partial charge in [-0.05, 0) is 0 Å². The van der Waals surface area contributed by atoms with Crippen LogP contribution in [0, 0.1) is 21.7 Å². The molecule has 0 heterocycles. The van der Waals surface area contributed by atoms with Gasteiger partial charge in [-0.1, -0.05) is 0 Å². The van der Waals surface area contributed by atoms with Crippen molar-refractivity contribution in [1.82, 2.24) is 0 Å². The van der Waals surface area contributed by atoms with Crippen LogP contribution in [0.3, 0.4) is 0 Å². The Morgan fingerprint density at radius 2 is 2.08 bits per heavy atom. The molecule has 0 aliphatic heterocycles. The molecule has 0 saturated heterocycles. The maximum absolute atomic E-state index is 12.7. The van der Waals surface area contributed by atoms with Gasteiger partial charge < -0.3 is 10.8 Å². The number of nitro groups is 1. The zero-order valence-electron chi connectivity index (χ0n) is 6.12. The summed E-state index contributed by atoms with van der Waals surface area (Å²) >= 11 is 0. The van der Waals surface area contributed by atoms with E-state index in [9.17, 15) is 18.9 Å². The monoisotopic (exact) mass is 190 g/mol. The highest BCUT2D eigenvalue weighted by Gasteiger charge is 2.23. The summed E-state index contributed by atoms with van der Waals surface area (Å²) < 4.78 is 25.3. The predicted molar refractivity (Wildman–Crippen MR) is 39.1 cm³/mol. The van der Waals surface area contributed by atoms with Crippen LogP contribution < -0.4 is 5.73 Å². The van der Waals surface area contributed by atoms with Gasteiger partial charge in [0.25, 0.3) is 0 Å². The lowest BCUT2D eigenvalue weighted by Crippen LogP contribution is -1.99. The molecule has 0 aliphatic carbocycles. The molecule has 70 valence electrons. The molecule has 1 aromatic rings. The Kier molecular flexibility index (Phi) is 2.01. The number of benzene rings is 1. The third-order valence-corrected chi connectivity index (χ3v) is 1.40. The van der Waals surface area contributed by atoms with Gasteiger partial charge in [0.2, 0.25) is 5.75 Å². The van der Waals surface area contributed by atoms with Crippen LogP contribution in [0.1, 0.15) is 0 Å². The Morgan fingerprint density at radius 3 is 2.54 bits per heavy atom. The van der Waals surface area contributed by atoms with Crippen molar-refractivity contribution in [3.8, 4) is 5.75 Å². The highest BCUT2D eigenvalue weighted by molar-refractivity contribution is 5.57. The molecule has 0 spiro atoms. The van der Waals surface area contributed by atoms with Crippen molar-refractivity contribution in [3.05, 3.63) is 27.8 Å². The third-order valence-electron chi connectivity index (χ3n) is 1.40. The molecule has 0 amide bonds. The number of rotatable bonds is 1. The van der Waals surface area contributed by atoms with Gasteiger partial charge in [0, 0.05) is 0 Å². The quantitative estimate of drug-likeness (QED) is 0.395. The summed E-state index contributed by atoms with van der Waals surface area (Å²) in [7, 11) is 0. The molecule has 0 fully saturated rings. The van der Waals surface area contributed by atoms with Crippen LogP contribution in [0.5, 0.6) is 5.75 Å². The third kappa shape index (κ3) is 1.35. The first-order chi connectivity index (χ1) is 5.95. The minimum atomic E-state index is -1.52. The van der Waals surface area contributed by atoms with Gasteiger partial charge in [-0.15, -0.1) is 0 Å². The zero-order chi connectivity index (χ0) is 10.2. The van der Waals surface area contributed by atoms with E-state index in [-0.39, 0.29) is 0 Å². The number of anilines is 1. The van der Waals surface area contributed by atoms with Crippen molar-refractivity contribution < 1.29 is 18.8 Å². The van der Waals surface area contributed by atoms with E-state index in [4.69, 9.17) is 10.8 Å². The molecule has 0 bridgehead atoms. The summed E-state index contributed by atoms with van der Waals surface area (Å²) in [5.41, 5.74) is 2.83. The Morgan fingerprint density at radius 1 is 1.54 bits per heavy atom. The fourth-order valence-corrected chi connectivity index (χ4v) is 0.750. The summed E-state index contributed by atoms with van der Waals surface area (Å²) in [6, 6.07) is 0.355. The number of aromatic hydroxyl groups is 1. The second-order valence-corrected chi connectivity index (χ2v) is 2.21. The number of nitro benzene ring substituents is 1. The number of halogens is 2. The first-order valence-electron chi connectivity index (χ1n) is 3.06. The van der Waals surface area contributed by atoms with E-state index in [0.29, 0.717) is 6.07 Å². The minimum absolute atomic E-state index is 0.355. The Balaban J connectivity index is 3.50. The molecule has 0 aromatic heterocycles. The van der Waals surface area contributed by atoms with E-state index in [2.05, 4.69) is 0 Å². The lowest BCUT2D eigenvalue weighted by Gasteiger charge is -2.01. The van der Waals surface area contributed by atoms with Gasteiger partial charge >= 0.3 is 5.69 Å². The molecule has 0 aliphatic rings. The second kappa shape index (κ2) is 2.85. The first-order valence-corrected chi connectivity index (χ1v) is 3.06. The van der Waals surface area contributed by atoms with Gasteiger partial charge in [0.05, 0.1) is 11.0 Å². The summed E-state index contributed by atoms with van der Waals surface area (Å²) in [5, 5.41) is 18.9. The van der Waals surface area contributed by atoms with Crippen LogP contribution >= 0.6 is 0 Å². The zero-order valence-corrected chi connectivity index (χ0v) is 6.12. The number of nitrogen functional groups attached to an aromatic ring is 1. The van der Waals surface area contributed by atoms with Crippen LogP contribution in [-0.2, 0) is 0 Å². The average Bonchev–Trinajstić information content (AvgIpc) is 2.07. The van der Waals surface area contributed by atoms with E-state index in [1.807, 2.05) is 0 Å². The summed E-state index contributed by atoms with van der Waals surface area (Å²) in [6.45, 7) is 0. The standard InChI is InChI=1S/C6H4F2N2O3/c7-2-1-3(10(12)13)6(11)4(8)5(2)9/h1,11H,9H2. The van der Waals surface area contributed by atoms with Crippen molar-refractivity contribution in [3.63, 3.8) is 0 Å². The van der Waals surface area contributed by atoms with E-state index in [1.54, 1.807) is 0 Å². The van der Waals surface area contributed by atoms with Gasteiger partial charge in [0.1, 0.15) is 5.69 Å². The van der Waals surface area contributed by atoms with Crippen LogP contribution in [0.25, 0.3) is 0 Å². The van der Waals surface area contributed by atoms with E-state index in [1.165, 1.54) is 0 Å². The summed E-state index contributed by atoms with van der Waals surface area (Å²) in [4.78, 5) is 9.00. The van der Waals surface area contributed by atoms with Crippen molar-refractivity contribution in [2.45, 2.75) is 0 Å². The Bertz CT molecular complexity index is 381. The van der Waals surface area contributed by atoms with Crippen molar-refractivity contribution in [2.75, 3.05) is 5.73 Å². The number of hydrogen-bond donors (Lipinski definition) is 2. The van der Waals surface area contributed by atoms with Crippen LogP contribution in [0.4, 0.5) is 20.2 Å². The average molecular weight is 190 g/mol. The second-order valence-electron chi connectivity index (χ2n) is 2.21. The molecule has 0 atom stereocenters. The fourth-order valence-electron chi connectivity index (χ4n) is 0.750. The lowest BCUT2D eigenvalue weighted by atomic mass is 10.2. The maximum atomic E-state index is 12.7. The Labute approximate surface area is 70.5 Å². The minimum Gasteiger partial charge on any atom is -0.500 e. The van der Waals surface area contributed by atoms with E-state index in [0.717, 1.165) is 0 Å². The number of hydrogen-bond acceptors (Lipinski definition) is 4. The maximum Gasteiger partial charge on any atom is 0.316 e. The van der Waals surface area contributed by atoms with Gasteiger partial charge in [0.15, 0.2) is 11.6 Å². The summed E-state index contributed by atoms with van der Waals surface area (Å²) in [6.07, 6.45) is 0. The fraction of sp³-hybridized carbons (Fsp3) is 0. The smallest absolute Gasteiger partial charge is 0.316 e. The molecule has 3 N–H and O–H groups in total. The summed E-state index contributed by atoms with van der Waals surface area (Å²) in [5.74, 6) is -4.06. The molecule has 0 radical (unpaired) electrons. The molecule has 0 saturated carbocycles. The van der Waals surface area contributed by atoms with E-state index >= 15 is 0 Å². The first kappa shape index (κ1) is 9.17. The van der Waals surface area contributed by atoms with Gasteiger partial charge in [-0.3, -0.25) is 10.1 Å². The van der Waals surface area contributed by atoms with Crippen molar-refractivity contribution in [1.29, 1.82) is 0 Å². The van der Waals surface area contributed by atoms with Crippen molar-refractivity contribution in [2.24, 2.45) is 0 Å². The molecule has 0 unspecified atom stereocenters. The topological polar surface area (TPSA) is 89.4 Å².